The first kappa shape index (κ1) is 14.5. The van der Waals surface area contributed by atoms with Gasteiger partial charge in [-0.15, -0.1) is 0 Å². The largest absolute Gasteiger partial charge is 0.385 e. The van der Waals surface area contributed by atoms with Gasteiger partial charge in [0, 0.05) is 18.7 Å². The van der Waals surface area contributed by atoms with Crippen LogP contribution in [0.1, 0.15) is 24.8 Å². The minimum atomic E-state index is -0.206. The standard InChI is InChI=1S/C19H22N2O2/c22-18-10-15(19(23)21-18)7-12-2-5-17(6-3-12)20-11-16-9-13-1-4-14(16)8-13/h1-6,13-16,20H,7-11H2,(H,21,22,23)/t13-,14-,15-,16-/m0/s1. The van der Waals surface area contributed by atoms with E-state index in [1.165, 1.54) is 12.8 Å². The van der Waals surface area contributed by atoms with E-state index in [4.69, 9.17) is 0 Å². The molecule has 1 aliphatic heterocycles. The summed E-state index contributed by atoms with van der Waals surface area (Å²) in [5, 5.41) is 5.91. The second kappa shape index (κ2) is 5.84. The summed E-state index contributed by atoms with van der Waals surface area (Å²) in [6, 6.07) is 8.26. The number of amides is 2. The summed E-state index contributed by atoms with van der Waals surface area (Å²) in [4.78, 5) is 22.8. The number of carbonyl (C=O) groups is 2. The summed E-state index contributed by atoms with van der Waals surface area (Å²) in [7, 11) is 0. The van der Waals surface area contributed by atoms with Crippen molar-refractivity contribution >= 4 is 17.5 Å². The molecule has 2 amide bonds. The van der Waals surface area contributed by atoms with E-state index in [9.17, 15) is 9.59 Å². The molecule has 1 saturated heterocycles. The molecule has 120 valence electrons. The minimum Gasteiger partial charge on any atom is -0.385 e. The monoisotopic (exact) mass is 310 g/mol. The molecular weight excluding hydrogens is 288 g/mol. The number of benzene rings is 1. The quantitative estimate of drug-likeness (QED) is 0.649. The highest BCUT2D eigenvalue weighted by Gasteiger charge is 2.35. The lowest BCUT2D eigenvalue weighted by Crippen LogP contribution is -2.22. The zero-order chi connectivity index (χ0) is 15.8. The van der Waals surface area contributed by atoms with Gasteiger partial charge in [0.2, 0.25) is 11.8 Å². The Morgan fingerprint density at radius 1 is 1.09 bits per heavy atom. The number of allylic oxidation sites excluding steroid dienone is 2. The van der Waals surface area contributed by atoms with Gasteiger partial charge in [-0.1, -0.05) is 24.3 Å². The average molecular weight is 310 g/mol. The van der Waals surface area contributed by atoms with Crippen LogP contribution in [0.5, 0.6) is 0 Å². The van der Waals surface area contributed by atoms with Gasteiger partial charge in [0.05, 0.1) is 5.92 Å². The van der Waals surface area contributed by atoms with Crippen molar-refractivity contribution in [2.75, 3.05) is 11.9 Å². The second-order valence-electron chi connectivity index (χ2n) is 7.14. The van der Waals surface area contributed by atoms with Crippen LogP contribution in [-0.2, 0) is 16.0 Å². The minimum absolute atomic E-state index is 0.137. The molecule has 0 aromatic heterocycles. The zero-order valence-corrected chi connectivity index (χ0v) is 13.1. The smallest absolute Gasteiger partial charge is 0.230 e. The molecule has 1 heterocycles. The number of imide groups is 1. The molecule has 3 aliphatic rings. The first-order chi connectivity index (χ1) is 11.2. The van der Waals surface area contributed by atoms with Crippen molar-refractivity contribution in [3.63, 3.8) is 0 Å². The van der Waals surface area contributed by atoms with Gasteiger partial charge in [-0.2, -0.15) is 0 Å². The Kier molecular flexibility index (Phi) is 3.68. The summed E-state index contributed by atoms with van der Waals surface area (Å²) in [6.45, 7) is 1.03. The predicted octanol–water partition coefficient (Wildman–Crippen LogP) is 2.52. The van der Waals surface area contributed by atoms with Crippen LogP contribution in [-0.4, -0.2) is 18.4 Å². The number of rotatable bonds is 5. The first-order valence-electron chi connectivity index (χ1n) is 8.52. The number of carbonyl (C=O) groups excluding carboxylic acids is 2. The maximum absolute atomic E-state index is 11.6. The molecule has 23 heavy (non-hydrogen) atoms. The molecule has 4 nitrogen and oxygen atoms in total. The van der Waals surface area contributed by atoms with Crippen LogP contribution in [0.15, 0.2) is 36.4 Å². The summed E-state index contributed by atoms with van der Waals surface area (Å²) < 4.78 is 0. The zero-order valence-electron chi connectivity index (χ0n) is 13.1. The predicted molar refractivity (Wildman–Crippen MR) is 88.7 cm³/mol. The SMILES string of the molecule is O=C1C[C@H](Cc2ccc(NC[C@@H]3C[C@H]4C=C[C@H]3C4)cc2)C(=O)N1. The molecule has 0 spiro atoms. The summed E-state index contributed by atoms with van der Waals surface area (Å²) in [5.41, 5.74) is 2.24. The van der Waals surface area contributed by atoms with Crippen molar-refractivity contribution in [1.82, 2.24) is 5.32 Å². The van der Waals surface area contributed by atoms with Crippen molar-refractivity contribution in [2.24, 2.45) is 23.7 Å². The van der Waals surface area contributed by atoms with Gasteiger partial charge in [-0.25, -0.2) is 0 Å². The van der Waals surface area contributed by atoms with Gasteiger partial charge in [-0.3, -0.25) is 14.9 Å². The molecule has 2 N–H and O–H groups in total. The van der Waals surface area contributed by atoms with E-state index in [1.54, 1.807) is 0 Å². The van der Waals surface area contributed by atoms with Crippen molar-refractivity contribution < 1.29 is 9.59 Å². The number of nitrogens with one attached hydrogen (secondary N) is 2. The van der Waals surface area contributed by atoms with Crippen LogP contribution in [0.2, 0.25) is 0 Å². The Morgan fingerprint density at radius 3 is 2.52 bits per heavy atom. The second-order valence-corrected chi connectivity index (χ2v) is 7.14. The molecule has 4 rings (SSSR count). The lowest BCUT2D eigenvalue weighted by Gasteiger charge is -2.19. The Morgan fingerprint density at radius 2 is 1.91 bits per heavy atom. The lowest BCUT2D eigenvalue weighted by atomic mass is 9.93. The highest BCUT2D eigenvalue weighted by molar-refractivity contribution is 6.03. The van der Waals surface area contributed by atoms with E-state index in [2.05, 4.69) is 47.1 Å². The van der Waals surface area contributed by atoms with Gasteiger partial charge in [0.1, 0.15) is 0 Å². The fourth-order valence-corrected chi connectivity index (χ4v) is 4.19. The van der Waals surface area contributed by atoms with Crippen LogP contribution in [0.25, 0.3) is 0 Å². The lowest BCUT2D eigenvalue weighted by molar-refractivity contribution is -0.125. The fourth-order valence-electron chi connectivity index (χ4n) is 4.19. The summed E-state index contributed by atoms with van der Waals surface area (Å²) in [5.74, 6) is 1.85. The summed E-state index contributed by atoms with van der Waals surface area (Å²) in [6.07, 6.45) is 8.37. The third-order valence-electron chi connectivity index (χ3n) is 5.49. The molecule has 4 heteroatoms. The van der Waals surface area contributed by atoms with E-state index < -0.39 is 0 Å². The fraction of sp³-hybridized carbons (Fsp3) is 0.474. The van der Waals surface area contributed by atoms with E-state index in [-0.39, 0.29) is 17.7 Å². The van der Waals surface area contributed by atoms with Crippen molar-refractivity contribution in [1.29, 1.82) is 0 Å². The van der Waals surface area contributed by atoms with E-state index in [0.717, 1.165) is 35.5 Å². The Labute approximate surface area is 136 Å². The molecule has 0 radical (unpaired) electrons. The van der Waals surface area contributed by atoms with Crippen LogP contribution in [0.3, 0.4) is 0 Å². The highest BCUT2D eigenvalue weighted by Crippen LogP contribution is 2.43. The molecule has 1 saturated carbocycles. The van der Waals surface area contributed by atoms with Crippen LogP contribution >= 0.6 is 0 Å². The van der Waals surface area contributed by atoms with E-state index >= 15 is 0 Å². The third-order valence-corrected chi connectivity index (χ3v) is 5.49. The van der Waals surface area contributed by atoms with Gasteiger partial charge < -0.3 is 5.32 Å². The Hall–Kier alpha value is -2.10. The maximum Gasteiger partial charge on any atom is 0.230 e. The van der Waals surface area contributed by atoms with Crippen LogP contribution in [0.4, 0.5) is 5.69 Å². The number of anilines is 1. The van der Waals surface area contributed by atoms with Crippen LogP contribution in [0, 0.1) is 23.7 Å². The van der Waals surface area contributed by atoms with Crippen molar-refractivity contribution in [2.45, 2.75) is 25.7 Å². The maximum atomic E-state index is 11.6. The average Bonchev–Trinajstić information content (AvgIpc) is 3.23. The van der Waals surface area contributed by atoms with Gasteiger partial charge in [-0.05, 0) is 54.7 Å². The Bertz CT molecular complexity index is 650. The van der Waals surface area contributed by atoms with Gasteiger partial charge >= 0.3 is 0 Å². The molecule has 2 bridgehead atoms. The number of hydrogen-bond donors (Lipinski definition) is 2. The normalized spacial score (nSPS) is 31.7. The van der Waals surface area contributed by atoms with Crippen molar-refractivity contribution in [3.8, 4) is 0 Å². The highest BCUT2D eigenvalue weighted by atomic mass is 16.2. The summed E-state index contributed by atoms with van der Waals surface area (Å²) >= 11 is 0. The molecule has 1 aromatic rings. The third kappa shape index (κ3) is 3.03. The van der Waals surface area contributed by atoms with Gasteiger partial charge in [0.25, 0.3) is 0 Å². The molecule has 4 atom stereocenters. The van der Waals surface area contributed by atoms with Crippen LogP contribution < -0.4 is 10.6 Å². The van der Waals surface area contributed by atoms with Crippen molar-refractivity contribution in [3.05, 3.63) is 42.0 Å². The van der Waals surface area contributed by atoms with E-state index in [1.807, 2.05) is 0 Å². The van der Waals surface area contributed by atoms with Gasteiger partial charge in [0.15, 0.2) is 0 Å². The number of fused-ring (bicyclic) bond motifs is 2. The molecule has 1 aromatic carbocycles. The first-order valence-corrected chi connectivity index (χ1v) is 8.52. The topological polar surface area (TPSA) is 58.2 Å². The molecule has 0 unspecified atom stereocenters. The Balaban J connectivity index is 1.30. The molecule has 2 fully saturated rings. The molecular formula is C19H22N2O2. The van der Waals surface area contributed by atoms with E-state index in [0.29, 0.717) is 12.8 Å². The number of hydrogen-bond acceptors (Lipinski definition) is 3. The molecule has 2 aliphatic carbocycles.